The van der Waals surface area contributed by atoms with Crippen molar-refractivity contribution >= 4 is 0 Å². The van der Waals surface area contributed by atoms with E-state index in [-0.39, 0.29) is 0 Å². The first kappa shape index (κ1) is 8.86. The first-order chi connectivity index (χ1) is 2.41. The maximum absolute atomic E-state index is 8.22. The molecule has 0 amide bonds. The van der Waals surface area contributed by atoms with Crippen LogP contribution in [0.2, 0.25) is 0 Å². The van der Waals surface area contributed by atoms with E-state index >= 15 is 0 Å². The van der Waals surface area contributed by atoms with E-state index in [4.69, 9.17) is 13.5 Å². The molecule has 0 saturated carbocycles. The summed E-state index contributed by atoms with van der Waals surface area (Å²) in [6.45, 7) is 0. The summed E-state index contributed by atoms with van der Waals surface area (Å²) < 4.78 is 8.22. The topological polar surface area (TPSA) is 69.6 Å². The Labute approximate surface area is 39.3 Å². The van der Waals surface area contributed by atoms with Crippen molar-refractivity contribution in [2.75, 3.05) is 0 Å². The van der Waals surface area contributed by atoms with Crippen LogP contribution in [-0.4, -0.2) is 0 Å². The third kappa shape index (κ3) is 1110. The van der Waals surface area contributed by atoms with Crippen LogP contribution < -0.4 is 0 Å². The molecule has 0 aromatic carbocycles. The fourth-order valence-electron chi connectivity index (χ4n) is 0. The Hall–Kier alpha value is -0.112. The van der Waals surface area contributed by atoms with E-state index in [0.29, 0.717) is 0 Å². The SMILES string of the molecule is O=N[O-].[O]=[Pt]. The molecular weight excluding hydrogens is 257 g/mol. The van der Waals surface area contributed by atoms with Crippen molar-refractivity contribution in [2.24, 2.45) is 5.34 Å². The van der Waals surface area contributed by atoms with Gasteiger partial charge in [-0.1, -0.05) is 0 Å². The molecule has 0 bridgehead atoms. The van der Waals surface area contributed by atoms with Crippen LogP contribution in [0.4, 0.5) is 0 Å². The molecule has 0 aromatic heterocycles. The first-order valence-electron chi connectivity index (χ1n) is 0.494. The molecule has 5 heavy (non-hydrogen) atoms. The van der Waals surface area contributed by atoms with E-state index in [1.807, 2.05) is 0 Å². The molecule has 0 heterocycles. The van der Waals surface area contributed by atoms with Gasteiger partial charge in [0.2, 0.25) is 0 Å². The quantitative estimate of drug-likeness (QED) is 0.457. The summed E-state index contributed by atoms with van der Waals surface area (Å²) in [4.78, 5) is 8.00. The van der Waals surface area contributed by atoms with Crippen molar-refractivity contribution in [3.63, 3.8) is 0 Å². The van der Waals surface area contributed by atoms with Crippen LogP contribution in [0.5, 0.6) is 0 Å². The minimum absolute atomic E-state index is 0.889. The van der Waals surface area contributed by atoms with Crippen LogP contribution in [-0.2, 0) is 23.2 Å². The summed E-state index contributed by atoms with van der Waals surface area (Å²) in [6.07, 6.45) is 0. The Morgan fingerprint density at radius 1 is 1.60 bits per heavy atom. The van der Waals surface area contributed by atoms with E-state index in [1.165, 1.54) is 0 Å². The van der Waals surface area contributed by atoms with Gasteiger partial charge in [-0.15, -0.1) is 5.34 Å². The number of nitrogens with zero attached hydrogens (tertiary/aromatic N) is 1. The van der Waals surface area contributed by atoms with Gasteiger partial charge in [0, 0.05) is 0 Å². The van der Waals surface area contributed by atoms with Gasteiger partial charge in [0.05, 0.1) is 0 Å². The van der Waals surface area contributed by atoms with Gasteiger partial charge in [-0.25, -0.2) is 0 Å². The third-order valence-corrected chi connectivity index (χ3v) is 0. The van der Waals surface area contributed by atoms with Gasteiger partial charge in [-0.2, -0.15) is 0 Å². The molecule has 0 aliphatic heterocycles. The van der Waals surface area contributed by atoms with E-state index in [0.717, 1.165) is 25.1 Å². The normalized spacial score (nSPS) is 3.60. The minimum atomic E-state index is 0.889. The van der Waals surface area contributed by atoms with Crippen LogP contribution in [0.25, 0.3) is 0 Å². The molecule has 0 aliphatic rings. The molecule has 0 aromatic rings. The van der Waals surface area contributed by atoms with Crippen molar-refractivity contribution in [3.05, 3.63) is 10.1 Å². The van der Waals surface area contributed by atoms with Crippen LogP contribution in [0.3, 0.4) is 0 Å². The molecule has 5 heteroatoms. The van der Waals surface area contributed by atoms with Gasteiger partial charge in [-0.05, 0) is 0 Å². The number of hydrogen-bond acceptors (Lipinski definition) is 4. The van der Waals surface area contributed by atoms with Crippen LogP contribution in [0.1, 0.15) is 0 Å². The van der Waals surface area contributed by atoms with Crippen molar-refractivity contribution < 1.29 is 23.2 Å². The van der Waals surface area contributed by atoms with Gasteiger partial charge in [-0.3, -0.25) is 0 Å². The molecule has 0 unspecified atom stereocenters. The fourth-order valence-corrected chi connectivity index (χ4v) is 0. The summed E-state index contributed by atoms with van der Waals surface area (Å²) in [7, 11) is 0. The van der Waals surface area contributed by atoms with E-state index in [1.54, 1.807) is 0 Å². The fraction of sp³-hybridized carbons (Fsp3) is 0. The Balaban J connectivity index is 0. The van der Waals surface area contributed by atoms with Crippen molar-refractivity contribution in [1.82, 2.24) is 0 Å². The Bertz CT molecular complexity index is 20.9. The zero-order valence-corrected chi connectivity index (χ0v) is 4.26. The van der Waals surface area contributed by atoms with Gasteiger partial charge in [0.1, 0.15) is 0 Å². The van der Waals surface area contributed by atoms with Gasteiger partial charge < -0.3 is 10.1 Å². The summed E-state index contributed by atoms with van der Waals surface area (Å²) >= 11 is 0.889. The van der Waals surface area contributed by atoms with Gasteiger partial charge in [0.15, 0.2) is 0 Å². The van der Waals surface area contributed by atoms with Crippen molar-refractivity contribution in [1.29, 1.82) is 0 Å². The summed E-state index contributed by atoms with van der Waals surface area (Å²) in [5.74, 6) is 0. The van der Waals surface area contributed by atoms with Crippen LogP contribution in [0.15, 0.2) is 5.34 Å². The molecule has 0 spiro atoms. The monoisotopic (exact) mass is 257 g/mol. The summed E-state index contributed by atoms with van der Waals surface area (Å²) in [5, 5.41) is 9.00. The second-order valence-corrected chi connectivity index (χ2v) is 0.0745. The number of rotatable bonds is 0. The molecule has 0 fully saturated rings. The first-order valence-corrected chi connectivity index (χ1v) is 1.42. The van der Waals surface area contributed by atoms with Gasteiger partial charge in [0.25, 0.3) is 0 Å². The average Bonchev–Trinajstić information content (AvgIpc) is 1.46. The van der Waals surface area contributed by atoms with E-state index in [9.17, 15) is 0 Å². The standard InChI is InChI=1S/HNO2.O.Pt/c2-1-3;;/h(H,2,3);;/p-1. The van der Waals surface area contributed by atoms with Crippen LogP contribution >= 0.6 is 0 Å². The van der Waals surface area contributed by atoms with Crippen molar-refractivity contribution in [2.45, 2.75) is 0 Å². The van der Waals surface area contributed by atoms with Crippen molar-refractivity contribution in [3.8, 4) is 0 Å². The van der Waals surface area contributed by atoms with Crippen LogP contribution in [0, 0.1) is 10.1 Å². The molecule has 34 valence electrons. The third-order valence-electron chi connectivity index (χ3n) is 0. The second-order valence-electron chi connectivity index (χ2n) is 0.0745. The van der Waals surface area contributed by atoms with E-state index in [2.05, 4.69) is 0 Å². The second kappa shape index (κ2) is 41.1. The molecule has 0 atom stereocenters. The molecule has 0 saturated heterocycles. The Morgan fingerprint density at radius 2 is 1.60 bits per heavy atom. The zero-order chi connectivity index (χ0) is 4.71. The Kier molecular flexibility index (Phi) is 72.8. The summed E-state index contributed by atoms with van der Waals surface area (Å²) in [5.41, 5.74) is 0. The molecule has 4 nitrogen and oxygen atoms in total. The Morgan fingerprint density at radius 3 is 1.60 bits per heavy atom. The zero-order valence-electron chi connectivity index (χ0n) is 1.99. The molecular formula is NO3Pt-. The molecule has 0 rings (SSSR count). The predicted octanol–water partition coefficient (Wildman–Crippen LogP) is 0.129. The predicted molar refractivity (Wildman–Crippen MR) is 9.85 cm³/mol. The maximum atomic E-state index is 8.22. The molecule has 0 aliphatic carbocycles. The average molecular weight is 257 g/mol. The van der Waals surface area contributed by atoms with E-state index < -0.39 is 0 Å². The van der Waals surface area contributed by atoms with Gasteiger partial charge >= 0.3 is 23.2 Å². The molecule has 0 N–H and O–H groups in total. The number of hydrogen-bond donors (Lipinski definition) is 0. The molecule has 0 radical (unpaired) electrons. The summed E-state index contributed by atoms with van der Waals surface area (Å²) in [6, 6.07) is 0.